The highest BCUT2D eigenvalue weighted by Crippen LogP contribution is 2.25. The van der Waals surface area contributed by atoms with Crippen LogP contribution in [0.25, 0.3) is 0 Å². The molecular formula is C16H13Cl2N3O. The monoisotopic (exact) mass is 333 g/mol. The van der Waals surface area contributed by atoms with Crippen LogP contribution in [0.4, 0.5) is 11.4 Å². The minimum absolute atomic E-state index is 0.159. The summed E-state index contributed by atoms with van der Waals surface area (Å²) in [4.78, 5) is 11.9. The van der Waals surface area contributed by atoms with E-state index >= 15 is 0 Å². The summed E-state index contributed by atoms with van der Waals surface area (Å²) in [6.45, 7) is 0.450. The average Bonchev–Trinajstić information content (AvgIpc) is 2.50. The Morgan fingerprint density at radius 3 is 2.73 bits per heavy atom. The number of rotatable bonds is 5. The van der Waals surface area contributed by atoms with Crippen LogP contribution in [-0.4, -0.2) is 12.5 Å². The molecule has 0 aromatic heterocycles. The summed E-state index contributed by atoms with van der Waals surface area (Å²) in [6, 6.07) is 14.0. The van der Waals surface area contributed by atoms with Crippen molar-refractivity contribution in [3.05, 3.63) is 58.1 Å². The summed E-state index contributed by atoms with van der Waals surface area (Å²) in [5.41, 5.74) is 1.90. The molecule has 2 aromatic carbocycles. The number of anilines is 2. The van der Waals surface area contributed by atoms with Gasteiger partial charge in [-0.2, -0.15) is 5.26 Å². The summed E-state index contributed by atoms with van der Waals surface area (Å²) < 4.78 is 0. The van der Waals surface area contributed by atoms with Crippen LogP contribution in [0.15, 0.2) is 42.5 Å². The van der Waals surface area contributed by atoms with E-state index in [9.17, 15) is 4.79 Å². The highest BCUT2D eigenvalue weighted by molar-refractivity contribution is 6.36. The van der Waals surface area contributed by atoms with Crippen molar-refractivity contribution < 1.29 is 4.79 Å². The second-order valence-corrected chi connectivity index (χ2v) is 5.39. The number of nitrogens with one attached hydrogen (secondary N) is 2. The summed E-state index contributed by atoms with van der Waals surface area (Å²) >= 11 is 11.8. The van der Waals surface area contributed by atoms with Crippen LogP contribution in [-0.2, 0) is 4.79 Å². The summed E-state index contributed by atoms with van der Waals surface area (Å²) in [6.07, 6.45) is 0.274. The molecule has 0 saturated heterocycles. The Balaban J connectivity index is 1.84. The van der Waals surface area contributed by atoms with Gasteiger partial charge < -0.3 is 10.6 Å². The van der Waals surface area contributed by atoms with Crippen LogP contribution in [0.5, 0.6) is 0 Å². The van der Waals surface area contributed by atoms with Crippen molar-refractivity contribution in [1.29, 1.82) is 5.26 Å². The standard InChI is InChI=1S/C16H13Cl2N3O/c17-12-4-5-15(14(18)9-12)21-16(22)6-7-20-13-3-1-2-11(8-13)10-19/h1-5,8-9,20H,6-7H2,(H,21,22). The van der Waals surface area contributed by atoms with Crippen LogP contribution in [0, 0.1) is 11.3 Å². The lowest BCUT2D eigenvalue weighted by Crippen LogP contribution is -2.16. The lowest BCUT2D eigenvalue weighted by Gasteiger charge is -2.09. The van der Waals surface area contributed by atoms with Gasteiger partial charge in [-0.05, 0) is 36.4 Å². The summed E-state index contributed by atoms with van der Waals surface area (Å²) in [7, 11) is 0. The van der Waals surface area contributed by atoms with Crippen LogP contribution in [0.1, 0.15) is 12.0 Å². The van der Waals surface area contributed by atoms with E-state index in [0.717, 1.165) is 5.69 Å². The molecule has 22 heavy (non-hydrogen) atoms. The Morgan fingerprint density at radius 2 is 2.00 bits per heavy atom. The van der Waals surface area contributed by atoms with Gasteiger partial charge in [0.1, 0.15) is 0 Å². The van der Waals surface area contributed by atoms with E-state index in [1.54, 1.807) is 36.4 Å². The Kier molecular flexibility index (Phi) is 5.65. The van der Waals surface area contributed by atoms with Crippen LogP contribution in [0.3, 0.4) is 0 Å². The zero-order valence-electron chi connectivity index (χ0n) is 11.6. The molecular weight excluding hydrogens is 321 g/mol. The van der Waals surface area contributed by atoms with Gasteiger partial charge in [-0.25, -0.2) is 0 Å². The molecule has 2 aromatic rings. The number of hydrogen-bond acceptors (Lipinski definition) is 3. The van der Waals surface area contributed by atoms with Crippen molar-refractivity contribution in [2.75, 3.05) is 17.2 Å². The first-order valence-corrected chi connectivity index (χ1v) is 7.33. The third-order valence-corrected chi connectivity index (χ3v) is 3.43. The fourth-order valence-electron chi connectivity index (χ4n) is 1.82. The van der Waals surface area contributed by atoms with Gasteiger partial charge in [-0.15, -0.1) is 0 Å². The summed E-state index contributed by atoms with van der Waals surface area (Å²) in [5, 5.41) is 15.6. The zero-order chi connectivity index (χ0) is 15.9. The van der Waals surface area contributed by atoms with Crippen molar-refractivity contribution in [3.63, 3.8) is 0 Å². The van der Waals surface area contributed by atoms with Crippen LogP contribution >= 0.6 is 23.2 Å². The van der Waals surface area contributed by atoms with Gasteiger partial charge in [0.2, 0.25) is 5.91 Å². The van der Waals surface area contributed by atoms with E-state index in [4.69, 9.17) is 28.5 Å². The maximum Gasteiger partial charge on any atom is 0.226 e. The largest absolute Gasteiger partial charge is 0.384 e. The van der Waals surface area contributed by atoms with Gasteiger partial charge in [0.05, 0.1) is 22.3 Å². The van der Waals surface area contributed by atoms with Gasteiger partial charge in [0, 0.05) is 23.7 Å². The van der Waals surface area contributed by atoms with Gasteiger partial charge in [0.15, 0.2) is 0 Å². The first-order chi connectivity index (χ1) is 10.6. The quantitative estimate of drug-likeness (QED) is 0.856. The highest BCUT2D eigenvalue weighted by atomic mass is 35.5. The molecule has 0 unspecified atom stereocenters. The van der Waals surface area contributed by atoms with Gasteiger partial charge in [0.25, 0.3) is 0 Å². The Labute approximate surface area is 138 Å². The topological polar surface area (TPSA) is 64.9 Å². The number of hydrogen-bond donors (Lipinski definition) is 2. The van der Waals surface area contributed by atoms with Crippen molar-refractivity contribution in [3.8, 4) is 6.07 Å². The highest BCUT2D eigenvalue weighted by Gasteiger charge is 2.06. The SMILES string of the molecule is N#Cc1cccc(NCCC(=O)Nc2ccc(Cl)cc2Cl)c1. The molecule has 112 valence electrons. The molecule has 0 atom stereocenters. The van der Waals surface area contributed by atoms with Crippen molar-refractivity contribution >= 4 is 40.5 Å². The molecule has 0 aliphatic carbocycles. The molecule has 0 fully saturated rings. The van der Waals surface area contributed by atoms with Crippen LogP contribution < -0.4 is 10.6 Å². The number of nitriles is 1. The Hall–Kier alpha value is -2.22. The van der Waals surface area contributed by atoms with Crippen molar-refractivity contribution in [2.24, 2.45) is 0 Å². The molecule has 4 nitrogen and oxygen atoms in total. The third kappa shape index (κ3) is 4.66. The Bertz CT molecular complexity index is 726. The van der Waals surface area contributed by atoms with Gasteiger partial charge >= 0.3 is 0 Å². The number of nitrogens with zero attached hydrogens (tertiary/aromatic N) is 1. The van der Waals surface area contributed by atoms with Crippen LogP contribution in [0.2, 0.25) is 10.0 Å². The fraction of sp³-hybridized carbons (Fsp3) is 0.125. The van der Waals surface area contributed by atoms with E-state index in [1.807, 2.05) is 6.07 Å². The number of halogens is 2. The molecule has 0 radical (unpaired) electrons. The van der Waals surface area contributed by atoms with Gasteiger partial charge in [-0.3, -0.25) is 4.79 Å². The smallest absolute Gasteiger partial charge is 0.226 e. The van der Waals surface area contributed by atoms with Crippen molar-refractivity contribution in [1.82, 2.24) is 0 Å². The maximum absolute atomic E-state index is 11.9. The third-order valence-electron chi connectivity index (χ3n) is 2.88. The molecule has 6 heteroatoms. The van der Waals surface area contributed by atoms with E-state index < -0.39 is 0 Å². The fourth-order valence-corrected chi connectivity index (χ4v) is 2.28. The predicted octanol–water partition coefficient (Wildman–Crippen LogP) is 4.31. The molecule has 1 amide bonds. The molecule has 0 heterocycles. The molecule has 0 saturated carbocycles. The van der Waals surface area contributed by atoms with Gasteiger partial charge in [-0.1, -0.05) is 29.3 Å². The number of carbonyl (C=O) groups is 1. The minimum Gasteiger partial charge on any atom is -0.384 e. The summed E-state index contributed by atoms with van der Waals surface area (Å²) in [5.74, 6) is -0.159. The lowest BCUT2D eigenvalue weighted by atomic mass is 10.2. The maximum atomic E-state index is 11.9. The molecule has 0 bridgehead atoms. The minimum atomic E-state index is -0.159. The molecule has 0 aliphatic heterocycles. The first kappa shape index (κ1) is 16.2. The predicted molar refractivity (Wildman–Crippen MR) is 89.4 cm³/mol. The van der Waals surface area contributed by atoms with Crippen molar-refractivity contribution in [2.45, 2.75) is 6.42 Å². The van der Waals surface area contributed by atoms with E-state index in [0.29, 0.717) is 27.8 Å². The van der Waals surface area contributed by atoms with E-state index in [-0.39, 0.29) is 12.3 Å². The van der Waals surface area contributed by atoms with E-state index in [2.05, 4.69) is 16.7 Å². The lowest BCUT2D eigenvalue weighted by molar-refractivity contribution is -0.115. The number of amides is 1. The first-order valence-electron chi connectivity index (χ1n) is 6.57. The molecule has 0 spiro atoms. The normalized spacial score (nSPS) is 9.86. The Morgan fingerprint density at radius 1 is 1.18 bits per heavy atom. The number of carbonyl (C=O) groups excluding carboxylic acids is 1. The second kappa shape index (κ2) is 7.69. The molecule has 0 aliphatic rings. The second-order valence-electron chi connectivity index (χ2n) is 4.54. The molecule has 2 N–H and O–H groups in total. The average molecular weight is 334 g/mol. The number of benzene rings is 2. The molecule has 2 rings (SSSR count). The van der Waals surface area contributed by atoms with E-state index in [1.165, 1.54) is 0 Å². The zero-order valence-corrected chi connectivity index (χ0v) is 13.1.